The molecule has 26 heavy (non-hydrogen) atoms. The Morgan fingerprint density at radius 1 is 1.31 bits per heavy atom. The first kappa shape index (κ1) is 16.8. The molecule has 1 heterocycles. The van der Waals surface area contributed by atoms with E-state index in [1.54, 1.807) is 25.3 Å². The number of hydrogen-bond acceptors (Lipinski definition) is 3. The van der Waals surface area contributed by atoms with Crippen molar-refractivity contribution < 1.29 is 9.90 Å². The molecule has 0 radical (unpaired) electrons. The maximum atomic E-state index is 12.8. The lowest BCUT2D eigenvalue weighted by Crippen LogP contribution is -2.50. The molecule has 4 N–H and O–H groups in total. The van der Waals surface area contributed by atoms with E-state index in [1.165, 1.54) is 19.3 Å². The predicted molar refractivity (Wildman–Crippen MR) is 99.6 cm³/mol. The fraction of sp³-hybridized carbons (Fsp3) is 0.476. The molecule has 4 saturated carbocycles. The second-order valence-electron chi connectivity index (χ2n) is 7.99. The summed E-state index contributed by atoms with van der Waals surface area (Å²) in [5, 5.41) is 19.4. The van der Waals surface area contributed by atoms with Gasteiger partial charge in [-0.2, -0.15) is 0 Å². The van der Waals surface area contributed by atoms with Gasteiger partial charge in [-0.05, 0) is 80.8 Å². The molecule has 2 unspecified atom stereocenters. The molecule has 134 valence electrons. The Bertz CT molecular complexity index is 833. The van der Waals surface area contributed by atoms with E-state index in [1.807, 2.05) is 6.07 Å². The topological polar surface area (TPSA) is 88.7 Å². The van der Waals surface area contributed by atoms with E-state index >= 15 is 0 Å². The first-order chi connectivity index (χ1) is 12.5. The first-order valence-corrected chi connectivity index (χ1v) is 9.24. The molecule has 4 bridgehead atoms. The lowest BCUT2D eigenvalue weighted by Gasteiger charge is -2.33. The highest BCUT2D eigenvalue weighted by molar-refractivity contribution is 6.07. The van der Waals surface area contributed by atoms with Gasteiger partial charge in [0.2, 0.25) is 0 Å². The Morgan fingerprint density at radius 3 is 2.65 bits per heavy atom. The van der Waals surface area contributed by atoms with E-state index < -0.39 is 5.91 Å². The van der Waals surface area contributed by atoms with Crippen LogP contribution in [0.5, 0.6) is 0 Å². The van der Waals surface area contributed by atoms with Crippen molar-refractivity contribution in [3.8, 4) is 11.8 Å². The Hall–Kier alpha value is -2.61. The zero-order valence-corrected chi connectivity index (χ0v) is 14.9. The van der Waals surface area contributed by atoms with Gasteiger partial charge in [0.15, 0.2) is 0 Å². The van der Waals surface area contributed by atoms with E-state index in [2.05, 4.69) is 22.1 Å². The molecule has 0 saturated heterocycles. The molecule has 5 nitrogen and oxygen atoms in total. The molecule has 0 aliphatic heterocycles. The summed E-state index contributed by atoms with van der Waals surface area (Å²) < 4.78 is 0. The van der Waals surface area contributed by atoms with Crippen LogP contribution in [0.1, 0.15) is 44.7 Å². The lowest BCUT2D eigenvalue weighted by atomic mass is 9.80. The van der Waals surface area contributed by atoms with Crippen LogP contribution in [0.4, 0.5) is 0 Å². The maximum Gasteiger partial charge on any atom is 0.341 e. The number of carbonyl (C=O) groups is 1. The number of aromatic nitrogens is 1. The Kier molecular flexibility index (Phi) is 4.07. The quantitative estimate of drug-likeness (QED) is 0.288. The number of amides is 1. The van der Waals surface area contributed by atoms with Gasteiger partial charge in [0.1, 0.15) is 11.3 Å². The molecule has 5 heteroatoms. The van der Waals surface area contributed by atoms with Gasteiger partial charge < -0.3 is 15.8 Å². The van der Waals surface area contributed by atoms with Crippen molar-refractivity contribution in [2.24, 2.45) is 17.8 Å². The number of rotatable bonds is 3. The summed E-state index contributed by atoms with van der Waals surface area (Å²) in [5.74, 6) is 7.10. The summed E-state index contributed by atoms with van der Waals surface area (Å²) >= 11 is 0. The summed E-state index contributed by atoms with van der Waals surface area (Å²) in [6, 6.07) is 5.40. The van der Waals surface area contributed by atoms with Crippen molar-refractivity contribution in [1.29, 1.82) is 5.41 Å². The molecule has 1 amide bonds. The molecule has 1 aromatic rings. The second kappa shape index (κ2) is 6.28. The first-order valence-electron chi connectivity index (χ1n) is 9.24. The van der Waals surface area contributed by atoms with Gasteiger partial charge in [0.05, 0.1) is 5.71 Å². The monoisotopic (exact) mass is 350 g/mol. The van der Waals surface area contributed by atoms with Crippen LogP contribution in [0.15, 0.2) is 35.7 Å². The highest BCUT2D eigenvalue weighted by Gasteiger charge is 2.58. The van der Waals surface area contributed by atoms with Gasteiger partial charge in [-0.3, -0.25) is 4.79 Å². The molecule has 4 fully saturated rings. The van der Waals surface area contributed by atoms with Crippen molar-refractivity contribution in [1.82, 2.24) is 10.3 Å². The van der Waals surface area contributed by atoms with Crippen molar-refractivity contribution in [2.45, 2.75) is 44.6 Å². The number of nitrogens with zero attached hydrogens (tertiary/aromatic N) is 1. The predicted octanol–water partition coefficient (Wildman–Crippen LogP) is 2.15. The van der Waals surface area contributed by atoms with Crippen LogP contribution >= 0.6 is 0 Å². The second-order valence-corrected chi connectivity index (χ2v) is 7.99. The van der Waals surface area contributed by atoms with Gasteiger partial charge in [-0.1, -0.05) is 6.07 Å². The summed E-state index contributed by atoms with van der Waals surface area (Å²) in [5.41, 5.74) is 0.738. The minimum absolute atomic E-state index is 0.119. The van der Waals surface area contributed by atoms with Gasteiger partial charge in [-0.15, -0.1) is 0 Å². The minimum atomic E-state index is -0.393. The van der Waals surface area contributed by atoms with Crippen molar-refractivity contribution in [2.75, 3.05) is 0 Å². The standard InChI is InChI=1S/C21H23N3O2/c1-13(22)18(6-5-17-4-2-3-7-23-17)19(25)20(26)24-21-11-14-8-15(12-21)10-16(21)9-14/h2-4,7,14-16,22,25H,8-12H2,1H3,(H,24,26)/p+1/b19-18-,22-13?. The van der Waals surface area contributed by atoms with Crippen LogP contribution in [-0.4, -0.2) is 27.2 Å². The van der Waals surface area contributed by atoms with E-state index in [-0.39, 0.29) is 22.6 Å². The van der Waals surface area contributed by atoms with E-state index in [4.69, 9.17) is 10.5 Å². The molecular weight excluding hydrogens is 326 g/mol. The zero-order chi connectivity index (χ0) is 18.3. The lowest BCUT2D eigenvalue weighted by molar-refractivity contribution is -0.122. The molecule has 0 aromatic carbocycles. The van der Waals surface area contributed by atoms with E-state index in [0.717, 1.165) is 24.7 Å². The Morgan fingerprint density at radius 2 is 2.04 bits per heavy atom. The molecule has 4 aliphatic carbocycles. The van der Waals surface area contributed by atoms with Gasteiger partial charge in [0.25, 0.3) is 0 Å². The fourth-order valence-corrected chi connectivity index (χ4v) is 5.31. The van der Waals surface area contributed by atoms with Crippen LogP contribution < -0.4 is 5.32 Å². The van der Waals surface area contributed by atoms with Crippen molar-refractivity contribution >= 4 is 11.6 Å². The van der Waals surface area contributed by atoms with Crippen LogP contribution in [0.25, 0.3) is 0 Å². The smallest absolute Gasteiger partial charge is 0.341 e. The van der Waals surface area contributed by atoms with E-state index in [0.29, 0.717) is 11.6 Å². The van der Waals surface area contributed by atoms with Crippen LogP contribution in [0.2, 0.25) is 0 Å². The summed E-state index contributed by atoms with van der Waals surface area (Å²) in [6.07, 6.45) is 7.47. The van der Waals surface area contributed by atoms with Crippen LogP contribution in [0.3, 0.4) is 0 Å². The Balaban J connectivity index is 1.57. The molecule has 5 rings (SSSR count). The van der Waals surface area contributed by atoms with E-state index in [9.17, 15) is 4.79 Å². The fourth-order valence-electron chi connectivity index (χ4n) is 5.31. The van der Waals surface area contributed by atoms with Crippen molar-refractivity contribution in [3.05, 3.63) is 41.4 Å². The maximum absolute atomic E-state index is 12.8. The molecule has 1 aromatic heterocycles. The largest absolute Gasteiger partial charge is 0.588 e. The summed E-state index contributed by atoms with van der Waals surface area (Å²) in [6.45, 7) is 1.56. The van der Waals surface area contributed by atoms with Crippen LogP contribution in [-0.2, 0) is 4.79 Å². The SMILES string of the molecule is CC(=N)/C(C#Cc1ccccn1)=C(\[OH2+])C(=O)NC12CC3CC(CC1C3)C2. The highest BCUT2D eigenvalue weighted by Crippen LogP contribution is 2.60. The third-order valence-electron chi connectivity index (χ3n) is 6.18. The number of nitrogens with one attached hydrogen (secondary N) is 2. The molecule has 4 aliphatic rings. The zero-order valence-electron chi connectivity index (χ0n) is 14.9. The molecular formula is C21H24N3O2+. The normalized spacial score (nSPS) is 31.8. The summed E-state index contributed by atoms with van der Waals surface area (Å²) in [4.78, 5) is 16.9. The average Bonchev–Trinajstić information content (AvgIpc) is 2.98. The number of pyridine rings is 1. The highest BCUT2D eigenvalue weighted by atomic mass is 16.3. The molecule has 2 atom stereocenters. The van der Waals surface area contributed by atoms with Gasteiger partial charge in [0, 0.05) is 11.7 Å². The molecule has 0 spiro atoms. The number of carbonyl (C=O) groups excluding carboxylic acids is 1. The number of allylic oxidation sites excluding steroid dienone is 1. The van der Waals surface area contributed by atoms with Gasteiger partial charge in [-0.25, -0.2) is 4.98 Å². The minimum Gasteiger partial charge on any atom is -0.588 e. The third-order valence-corrected chi connectivity index (χ3v) is 6.18. The van der Waals surface area contributed by atoms with Gasteiger partial charge >= 0.3 is 11.7 Å². The Labute approximate surface area is 153 Å². The number of hydrogen-bond donors (Lipinski definition) is 2. The average molecular weight is 350 g/mol. The third kappa shape index (κ3) is 2.90. The summed E-state index contributed by atoms with van der Waals surface area (Å²) in [7, 11) is 0. The van der Waals surface area contributed by atoms with Crippen LogP contribution in [0, 0.1) is 35.0 Å². The van der Waals surface area contributed by atoms with Crippen molar-refractivity contribution in [3.63, 3.8) is 0 Å².